The van der Waals surface area contributed by atoms with Crippen LogP contribution in [0.25, 0.3) is 5.70 Å². The van der Waals surface area contributed by atoms with E-state index in [-0.39, 0.29) is 0 Å². The van der Waals surface area contributed by atoms with Crippen LogP contribution in [0.4, 0.5) is 0 Å². The quantitative estimate of drug-likeness (QED) is 0.395. The van der Waals surface area contributed by atoms with Gasteiger partial charge in [-0.1, -0.05) is 48.1 Å². The van der Waals surface area contributed by atoms with E-state index in [2.05, 4.69) is 66.8 Å². The van der Waals surface area contributed by atoms with E-state index in [0.29, 0.717) is 0 Å². The van der Waals surface area contributed by atoms with Gasteiger partial charge in [0.25, 0.3) is 0 Å². The van der Waals surface area contributed by atoms with Gasteiger partial charge in [-0.25, -0.2) is 0 Å². The summed E-state index contributed by atoms with van der Waals surface area (Å²) in [7, 11) is 0. The third-order valence-corrected chi connectivity index (χ3v) is 3.67. The SMILES string of the molecule is C=[N+]1C(c2ccccc2C)=CC=C2CC=CC[C-]21. The van der Waals surface area contributed by atoms with E-state index < -0.39 is 0 Å². The summed E-state index contributed by atoms with van der Waals surface area (Å²) in [6.07, 6.45) is 10.9. The lowest BCUT2D eigenvalue weighted by Crippen LogP contribution is -2.22. The standard InChI is InChI=1S/C17H17N/c1-13-7-3-5-9-15(13)17-12-11-14-8-4-6-10-16(14)18(17)2/h3-7,9,11-12H,2,8,10H2,1H3. The van der Waals surface area contributed by atoms with Crippen molar-refractivity contribution in [3.05, 3.63) is 71.3 Å². The Kier molecular flexibility index (Phi) is 2.67. The number of aryl methyl sites for hydroxylation is 1. The molecular weight excluding hydrogens is 218 g/mol. The van der Waals surface area contributed by atoms with Crippen molar-refractivity contribution in [3.8, 4) is 0 Å². The maximum atomic E-state index is 4.23. The molecule has 0 spiro atoms. The molecule has 0 atom stereocenters. The number of rotatable bonds is 1. The molecule has 3 rings (SSSR count). The molecule has 0 aromatic heterocycles. The minimum absolute atomic E-state index is 0.985. The maximum Gasteiger partial charge on any atom is 0.130 e. The Labute approximate surface area is 108 Å². The minimum atomic E-state index is 0.985. The Bertz CT molecular complexity index is 587. The predicted molar refractivity (Wildman–Crippen MR) is 76.2 cm³/mol. The van der Waals surface area contributed by atoms with E-state index in [1.165, 1.54) is 28.4 Å². The molecule has 0 N–H and O–H groups in total. The Morgan fingerprint density at radius 1 is 1.17 bits per heavy atom. The average molecular weight is 235 g/mol. The van der Waals surface area contributed by atoms with Gasteiger partial charge in [0, 0.05) is 12.0 Å². The third kappa shape index (κ3) is 1.72. The van der Waals surface area contributed by atoms with E-state index >= 15 is 0 Å². The van der Waals surface area contributed by atoms with Crippen LogP contribution in [0.2, 0.25) is 0 Å². The summed E-state index contributed by atoms with van der Waals surface area (Å²) in [5.74, 6) is 0. The molecule has 1 aromatic carbocycles. The predicted octanol–water partition coefficient (Wildman–Crippen LogP) is 3.87. The van der Waals surface area contributed by atoms with Gasteiger partial charge in [-0.05, 0) is 18.9 Å². The zero-order valence-corrected chi connectivity index (χ0v) is 10.7. The number of nitrogens with zero attached hydrogens (tertiary/aromatic N) is 1. The van der Waals surface area contributed by atoms with E-state index in [1.807, 2.05) is 0 Å². The minimum Gasteiger partial charge on any atom is -0.291 e. The first-order valence-corrected chi connectivity index (χ1v) is 6.36. The van der Waals surface area contributed by atoms with Crippen LogP contribution in [0, 0.1) is 13.0 Å². The summed E-state index contributed by atoms with van der Waals surface area (Å²) in [6.45, 7) is 6.38. The highest BCUT2D eigenvalue weighted by Gasteiger charge is 2.25. The van der Waals surface area contributed by atoms with Crippen LogP contribution in [0.5, 0.6) is 0 Å². The number of hydrogen-bond donors (Lipinski definition) is 0. The summed E-state index contributed by atoms with van der Waals surface area (Å²) >= 11 is 0. The van der Waals surface area contributed by atoms with Gasteiger partial charge in [0.15, 0.2) is 0 Å². The Morgan fingerprint density at radius 3 is 2.83 bits per heavy atom. The average Bonchev–Trinajstić information content (AvgIpc) is 2.41. The van der Waals surface area contributed by atoms with Gasteiger partial charge in [-0.15, -0.1) is 6.08 Å². The van der Waals surface area contributed by atoms with Gasteiger partial charge in [0.1, 0.15) is 11.7 Å². The molecule has 1 heterocycles. The topological polar surface area (TPSA) is 3.01 Å². The fourth-order valence-electron chi connectivity index (χ4n) is 2.61. The van der Waals surface area contributed by atoms with Crippen LogP contribution < -0.4 is 0 Å². The zero-order valence-electron chi connectivity index (χ0n) is 10.7. The van der Waals surface area contributed by atoms with Crippen LogP contribution in [-0.4, -0.2) is 11.3 Å². The van der Waals surface area contributed by atoms with Gasteiger partial charge in [-0.3, -0.25) is 4.58 Å². The lowest BCUT2D eigenvalue weighted by molar-refractivity contribution is -0.403. The summed E-state index contributed by atoms with van der Waals surface area (Å²) in [4.78, 5) is 0. The molecule has 0 fully saturated rings. The molecule has 18 heavy (non-hydrogen) atoms. The van der Waals surface area contributed by atoms with Crippen LogP contribution >= 0.6 is 0 Å². The molecule has 0 unspecified atom stereocenters. The second-order valence-electron chi connectivity index (χ2n) is 4.81. The fraction of sp³-hybridized carbons (Fsp3) is 0.176. The van der Waals surface area contributed by atoms with Crippen LogP contribution in [0.3, 0.4) is 0 Å². The molecule has 1 heteroatoms. The molecule has 0 saturated carbocycles. The van der Waals surface area contributed by atoms with Gasteiger partial charge in [0.05, 0.1) is 6.72 Å². The van der Waals surface area contributed by atoms with Crippen molar-refractivity contribution >= 4 is 12.4 Å². The third-order valence-electron chi connectivity index (χ3n) is 3.67. The smallest absolute Gasteiger partial charge is 0.130 e. The van der Waals surface area contributed by atoms with Crippen molar-refractivity contribution in [1.82, 2.24) is 0 Å². The van der Waals surface area contributed by atoms with Crippen molar-refractivity contribution in [2.45, 2.75) is 19.8 Å². The van der Waals surface area contributed by atoms with Gasteiger partial charge in [0.2, 0.25) is 0 Å². The summed E-state index contributed by atoms with van der Waals surface area (Å²) < 4.78 is 2.10. The van der Waals surface area contributed by atoms with Crippen molar-refractivity contribution < 1.29 is 4.58 Å². The molecule has 0 amide bonds. The highest BCUT2D eigenvalue weighted by atomic mass is 15.0. The molecule has 1 aliphatic heterocycles. The fourth-order valence-corrected chi connectivity index (χ4v) is 2.61. The lowest BCUT2D eigenvalue weighted by Gasteiger charge is -2.30. The molecular formula is C17H17N. The molecule has 0 saturated heterocycles. The molecule has 90 valence electrons. The van der Waals surface area contributed by atoms with Crippen molar-refractivity contribution in [2.24, 2.45) is 0 Å². The van der Waals surface area contributed by atoms with Crippen molar-refractivity contribution in [3.63, 3.8) is 0 Å². The second kappa shape index (κ2) is 4.34. The van der Waals surface area contributed by atoms with Gasteiger partial charge < -0.3 is 0 Å². The second-order valence-corrected chi connectivity index (χ2v) is 4.81. The first-order chi connectivity index (χ1) is 8.77. The Morgan fingerprint density at radius 2 is 2.00 bits per heavy atom. The van der Waals surface area contributed by atoms with E-state index in [4.69, 9.17) is 0 Å². The zero-order chi connectivity index (χ0) is 12.5. The number of fused-ring (bicyclic) bond motifs is 1. The highest BCUT2D eigenvalue weighted by molar-refractivity contribution is 5.67. The van der Waals surface area contributed by atoms with Gasteiger partial charge >= 0.3 is 0 Å². The van der Waals surface area contributed by atoms with Gasteiger partial charge in [-0.2, -0.15) is 0 Å². The molecule has 0 radical (unpaired) electrons. The number of allylic oxidation sites excluding steroid dienone is 3. The molecule has 1 aliphatic carbocycles. The van der Waals surface area contributed by atoms with Crippen LogP contribution in [0.15, 0.2) is 54.1 Å². The summed E-state index contributed by atoms with van der Waals surface area (Å²) in [5, 5.41) is 0. The lowest BCUT2D eigenvalue weighted by atomic mass is 9.90. The van der Waals surface area contributed by atoms with Crippen LogP contribution in [0.1, 0.15) is 24.0 Å². The monoisotopic (exact) mass is 235 g/mol. The van der Waals surface area contributed by atoms with E-state index in [1.54, 1.807) is 0 Å². The first kappa shape index (κ1) is 11.1. The van der Waals surface area contributed by atoms with E-state index in [9.17, 15) is 0 Å². The van der Waals surface area contributed by atoms with Crippen molar-refractivity contribution in [2.75, 3.05) is 0 Å². The van der Waals surface area contributed by atoms with Crippen LogP contribution in [-0.2, 0) is 0 Å². The molecule has 1 nitrogen and oxygen atoms in total. The molecule has 0 bridgehead atoms. The Hall–Kier alpha value is -2.02. The summed E-state index contributed by atoms with van der Waals surface area (Å²) in [6, 6.07) is 9.81. The maximum absolute atomic E-state index is 4.23. The normalized spacial score (nSPS) is 18.3. The Balaban J connectivity index is 2.05. The molecule has 1 aromatic rings. The first-order valence-electron chi connectivity index (χ1n) is 6.36. The number of hydrogen-bond acceptors (Lipinski definition) is 0. The largest absolute Gasteiger partial charge is 0.291 e. The van der Waals surface area contributed by atoms with E-state index in [0.717, 1.165) is 12.8 Å². The van der Waals surface area contributed by atoms with Crippen molar-refractivity contribution in [1.29, 1.82) is 0 Å². The number of benzene rings is 1. The highest BCUT2D eigenvalue weighted by Crippen LogP contribution is 2.36. The molecule has 2 aliphatic rings. The summed E-state index contributed by atoms with van der Waals surface area (Å²) in [5.41, 5.74) is 5.15.